The minimum Gasteiger partial charge on any atom is -0.489 e. The van der Waals surface area contributed by atoms with E-state index in [-0.39, 0.29) is 35.5 Å². The molecule has 3 rings (SSSR count). The van der Waals surface area contributed by atoms with Crippen LogP contribution in [0.15, 0.2) is 59.9 Å². The summed E-state index contributed by atoms with van der Waals surface area (Å²) in [7, 11) is 3.63. The normalized spacial score (nSPS) is 10.9. The van der Waals surface area contributed by atoms with Gasteiger partial charge >= 0.3 is 0 Å². The number of ether oxygens (including phenoxy) is 1. The van der Waals surface area contributed by atoms with Crippen LogP contribution in [-0.4, -0.2) is 53.3 Å². The van der Waals surface area contributed by atoms with Gasteiger partial charge in [-0.1, -0.05) is 30.3 Å². The van der Waals surface area contributed by atoms with Gasteiger partial charge in [-0.2, -0.15) is 5.10 Å². The molecular weight excluding hydrogens is 486 g/mol. The molecule has 2 aromatic carbocycles. The highest BCUT2D eigenvalue weighted by molar-refractivity contribution is 14.0. The summed E-state index contributed by atoms with van der Waals surface area (Å²) in [6, 6.07) is 14.4. The van der Waals surface area contributed by atoms with E-state index in [4.69, 9.17) is 4.74 Å². The highest BCUT2D eigenvalue weighted by Crippen LogP contribution is 2.16. The van der Waals surface area contributed by atoms with E-state index in [1.807, 2.05) is 36.2 Å². The number of halogens is 2. The van der Waals surface area contributed by atoms with Crippen LogP contribution in [0.1, 0.15) is 5.56 Å². The van der Waals surface area contributed by atoms with Gasteiger partial charge in [-0.25, -0.2) is 9.37 Å². The molecule has 0 bridgehead atoms. The standard InChI is InChI=1S/C20H23FN6O.HI/c1-22-20(27(2)10-11-28-18-9-4-3-8-17(18)21)23-13-15-6-5-7-16(12-15)19-24-14-25-26-19;/h3-9,12,14H,10-11,13H2,1-2H3,(H,22,23)(H,24,25,26);1H. The number of hydrogen-bond acceptors (Lipinski definition) is 4. The van der Waals surface area contributed by atoms with Gasteiger partial charge in [0.1, 0.15) is 12.9 Å². The molecule has 154 valence electrons. The third-order valence-corrected chi connectivity index (χ3v) is 4.16. The van der Waals surface area contributed by atoms with Gasteiger partial charge in [0.2, 0.25) is 0 Å². The molecule has 0 unspecified atom stereocenters. The van der Waals surface area contributed by atoms with Crippen LogP contribution < -0.4 is 10.1 Å². The summed E-state index contributed by atoms with van der Waals surface area (Å²) in [5.41, 5.74) is 2.06. The van der Waals surface area contributed by atoms with Gasteiger partial charge in [-0.05, 0) is 23.8 Å². The lowest BCUT2D eigenvalue weighted by atomic mass is 10.1. The Morgan fingerprint density at radius 1 is 1.24 bits per heavy atom. The third kappa shape index (κ3) is 6.41. The van der Waals surface area contributed by atoms with Crippen molar-refractivity contribution in [2.75, 3.05) is 27.2 Å². The Bertz CT molecular complexity index is 919. The molecule has 7 nitrogen and oxygen atoms in total. The molecule has 0 aliphatic rings. The fourth-order valence-electron chi connectivity index (χ4n) is 2.70. The molecule has 29 heavy (non-hydrogen) atoms. The van der Waals surface area contributed by atoms with Gasteiger partial charge in [0.15, 0.2) is 23.4 Å². The maximum absolute atomic E-state index is 13.6. The molecule has 3 aromatic rings. The number of benzene rings is 2. The first kappa shape index (κ1) is 22.6. The average molecular weight is 510 g/mol. The number of rotatable bonds is 7. The van der Waals surface area contributed by atoms with E-state index in [0.29, 0.717) is 19.7 Å². The molecule has 0 amide bonds. The van der Waals surface area contributed by atoms with Gasteiger partial charge in [0, 0.05) is 26.2 Å². The summed E-state index contributed by atoms with van der Waals surface area (Å²) in [5.74, 6) is 1.35. The maximum Gasteiger partial charge on any atom is 0.193 e. The molecule has 1 aromatic heterocycles. The molecule has 0 aliphatic carbocycles. The van der Waals surface area contributed by atoms with Crippen LogP contribution in [0.3, 0.4) is 0 Å². The molecule has 1 heterocycles. The molecule has 0 radical (unpaired) electrons. The van der Waals surface area contributed by atoms with Crippen molar-refractivity contribution in [1.82, 2.24) is 25.4 Å². The van der Waals surface area contributed by atoms with Crippen molar-refractivity contribution >= 4 is 29.9 Å². The monoisotopic (exact) mass is 510 g/mol. The molecule has 0 saturated carbocycles. The molecular formula is C20H24FIN6O. The number of likely N-dealkylation sites (N-methyl/N-ethyl adjacent to an activating group) is 1. The summed E-state index contributed by atoms with van der Waals surface area (Å²) >= 11 is 0. The van der Waals surface area contributed by atoms with Gasteiger partial charge in [-0.3, -0.25) is 10.1 Å². The first-order valence-corrected chi connectivity index (χ1v) is 8.91. The third-order valence-electron chi connectivity index (χ3n) is 4.16. The van der Waals surface area contributed by atoms with Crippen LogP contribution in [-0.2, 0) is 6.54 Å². The van der Waals surface area contributed by atoms with Crippen molar-refractivity contribution in [3.63, 3.8) is 0 Å². The van der Waals surface area contributed by atoms with Crippen LogP contribution in [0.4, 0.5) is 4.39 Å². The highest BCUT2D eigenvalue weighted by Gasteiger charge is 2.08. The lowest BCUT2D eigenvalue weighted by molar-refractivity contribution is 0.270. The Morgan fingerprint density at radius 2 is 2.07 bits per heavy atom. The van der Waals surface area contributed by atoms with Crippen LogP contribution in [0.5, 0.6) is 5.75 Å². The summed E-state index contributed by atoms with van der Waals surface area (Å²) in [6.45, 7) is 1.51. The number of nitrogens with zero attached hydrogens (tertiary/aromatic N) is 4. The van der Waals surface area contributed by atoms with Gasteiger partial charge < -0.3 is 15.0 Å². The molecule has 0 fully saturated rings. The predicted molar refractivity (Wildman–Crippen MR) is 122 cm³/mol. The van der Waals surface area contributed by atoms with E-state index in [9.17, 15) is 4.39 Å². The Morgan fingerprint density at radius 3 is 2.79 bits per heavy atom. The van der Waals surface area contributed by atoms with E-state index < -0.39 is 0 Å². The number of nitrogens with one attached hydrogen (secondary N) is 2. The maximum atomic E-state index is 13.6. The van der Waals surface area contributed by atoms with Crippen LogP contribution >= 0.6 is 24.0 Å². The minimum atomic E-state index is -0.362. The van der Waals surface area contributed by atoms with Gasteiger partial charge in [0.05, 0.1) is 6.54 Å². The number of guanidine groups is 1. The zero-order chi connectivity index (χ0) is 19.8. The van der Waals surface area contributed by atoms with Crippen molar-refractivity contribution in [3.8, 4) is 17.1 Å². The predicted octanol–water partition coefficient (Wildman–Crippen LogP) is 3.32. The Labute approximate surface area is 186 Å². The zero-order valence-corrected chi connectivity index (χ0v) is 18.6. The highest BCUT2D eigenvalue weighted by atomic mass is 127. The van der Waals surface area contributed by atoms with E-state index >= 15 is 0 Å². The van der Waals surface area contributed by atoms with Crippen LogP contribution in [0.25, 0.3) is 11.4 Å². The second-order valence-corrected chi connectivity index (χ2v) is 6.14. The van der Waals surface area contributed by atoms with Crippen molar-refractivity contribution < 1.29 is 9.13 Å². The quantitative estimate of drug-likeness (QED) is 0.290. The minimum absolute atomic E-state index is 0. The molecule has 0 spiro atoms. The summed E-state index contributed by atoms with van der Waals surface area (Å²) in [6.07, 6.45) is 1.49. The number of aromatic amines is 1. The summed E-state index contributed by atoms with van der Waals surface area (Å²) in [5, 5.41) is 10.1. The molecule has 2 N–H and O–H groups in total. The molecule has 9 heteroatoms. The SMILES string of the molecule is CN=C(NCc1cccc(-c2ncn[nH]2)c1)N(C)CCOc1ccccc1F.I. The number of aliphatic imine (C=N–C) groups is 1. The largest absolute Gasteiger partial charge is 0.489 e. The van der Waals surface area contributed by atoms with Crippen LogP contribution in [0, 0.1) is 5.82 Å². The first-order valence-electron chi connectivity index (χ1n) is 8.91. The zero-order valence-electron chi connectivity index (χ0n) is 16.3. The molecule has 0 aliphatic heterocycles. The second-order valence-electron chi connectivity index (χ2n) is 6.14. The Balaban J connectivity index is 0.00000300. The average Bonchev–Trinajstić information content (AvgIpc) is 3.25. The van der Waals surface area contributed by atoms with Crippen molar-refractivity contribution in [2.24, 2.45) is 4.99 Å². The van der Waals surface area contributed by atoms with Gasteiger partial charge in [0.25, 0.3) is 0 Å². The molecule has 0 saturated heterocycles. The van der Waals surface area contributed by atoms with E-state index in [1.165, 1.54) is 12.4 Å². The Hall–Kier alpha value is -2.69. The summed E-state index contributed by atoms with van der Waals surface area (Å²) < 4.78 is 19.1. The number of hydrogen-bond donors (Lipinski definition) is 2. The number of para-hydroxylation sites is 1. The fraction of sp³-hybridized carbons (Fsp3) is 0.250. The van der Waals surface area contributed by atoms with Crippen molar-refractivity contribution in [3.05, 3.63) is 66.2 Å². The topological polar surface area (TPSA) is 78.4 Å². The lowest BCUT2D eigenvalue weighted by Gasteiger charge is -2.22. The fourth-order valence-corrected chi connectivity index (χ4v) is 2.70. The van der Waals surface area contributed by atoms with Crippen LogP contribution in [0.2, 0.25) is 0 Å². The summed E-state index contributed by atoms with van der Waals surface area (Å²) in [4.78, 5) is 10.4. The van der Waals surface area contributed by atoms with E-state index in [0.717, 1.165) is 22.9 Å². The Kier molecular flexibility index (Phi) is 8.84. The second kappa shape index (κ2) is 11.3. The van der Waals surface area contributed by atoms with Crippen molar-refractivity contribution in [1.29, 1.82) is 0 Å². The first-order chi connectivity index (χ1) is 13.7. The smallest absolute Gasteiger partial charge is 0.193 e. The van der Waals surface area contributed by atoms with E-state index in [2.05, 4.69) is 25.5 Å². The van der Waals surface area contributed by atoms with Gasteiger partial charge in [-0.15, -0.1) is 24.0 Å². The van der Waals surface area contributed by atoms with E-state index in [1.54, 1.807) is 25.2 Å². The number of H-pyrrole nitrogens is 1. The molecule has 0 atom stereocenters. The van der Waals surface area contributed by atoms with Crippen molar-refractivity contribution in [2.45, 2.75) is 6.54 Å². The number of aromatic nitrogens is 3. The lowest BCUT2D eigenvalue weighted by Crippen LogP contribution is -2.40.